The molecule has 0 aliphatic carbocycles. The third-order valence-electron chi connectivity index (χ3n) is 3.88. The molecule has 138 valence electrons. The van der Waals surface area contributed by atoms with Gasteiger partial charge in [0.05, 0.1) is 0 Å². The molecular weight excluding hydrogens is 318 g/mol. The maximum atomic E-state index is 12.6. The first-order valence-electron chi connectivity index (χ1n) is 8.74. The van der Waals surface area contributed by atoms with Crippen molar-refractivity contribution in [3.8, 4) is 0 Å². The van der Waals surface area contributed by atoms with Crippen molar-refractivity contribution in [3.63, 3.8) is 0 Å². The SMILES string of the molecule is CC(C)(C)OC(=O)[C@@H]1C[C@H](c2ccccc2)CN1C(=O)OC(C)(C)C. The number of carbonyl (C=O) groups excluding carboxylic acids is 2. The highest BCUT2D eigenvalue weighted by atomic mass is 16.6. The Kier molecular flexibility index (Phi) is 5.45. The summed E-state index contributed by atoms with van der Waals surface area (Å²) in [7, 11) is 0. The van der Waals surface area contributed by atoms with Gasteiger partial charge in [-0.25, -0.2) is 9.59 Å². The third-order valence-corrected chi connectivity index (χ3v) is 3.88. The molecule has 2 rings (SSSR count). The normalized spacial score (nSPS) is 21.1. The second-order valence-electron chi connectivity index (χ2n) is 8.53. The molecular formula is C20H29NO4. The number of esters is 1. The fourth-order valence-electron chi connectivity index (χ4n) is 2.92. The average Bonchev–Trinajstić information content (AvgIpc) is 2.90. The van der Waals surface area contributed by atoms with Crippen molar-refractivity contribution in [1.82, 2.24) is 4.90 Å². The Morgan fingerprint density at radius 2 is 1.52 bits per heavy atom. The fraction of sp³-hybridized carbons (Fsp3) is 0.600. The van der Waals surface area contributed by atoms with Gasteiger partial charge < -0.3 is 9.47 Å². The number of likely N-dealkylation sites (tertiary alicyclic amines) is 1. The van der Waals surface area contributed by atoms with Crippen LogP contribution in [0.2, 0.25) is 0 Å². The molecule has 0 spiro atoms. The second-order valence-corrected chi connectivity index (χ2v) is 8.53. The quantitative estimate of drug-likeness (QED) is 0.755. The number of hydrogen-bond acceptors (Lipinski definition) is 4. The molecule has 5 heteroatoms. The topological polar surface area (TPSA) is 55.8 Å². The van der Waals surface area contributed by atoms with Crippen molar-refractivity contribution >= 4 is 12.1 Å². The fourth-order valence-corrected chi connectivity index (χ4v) is 2.92. The van der Waals surface area contributed by atoms with Gasteiger partial charge in [-0.2, -0.15) is 0 Å². The van der Waals surface area contributed by atoms with Crippen LogP contribution < -0.4 is 0 Å². The van der Waals surface area contributed by atoms with Crippen LogP contribution in [0.3, 0.4) is 0 Å². The highest BCUT2D eigenvalue weighted by Gasteiger charge is 2.43. The molecule has 1 aromatic carbocycles. The summed E-state index contributed by atoms with van der Waals surface area (Å²) in [6.07, 6.45) is 0.0693. The summed E-state index contributed by atoms with van der Waals surface area (Å²) in [5, 5.41) is 0. The van der Waals surface area contributed by atoms with Gasteiger partial charge >= 0.3 is 12.1 Å². The number of ether oxygens (including phenoxy) is 2. The zero-order valence-corrected chi connectivity index (χ0v) is 16.0. The molecule has 0 radical (unpaired) electrons. The van der Waals surface area contributed by atoms with E-state index in [0.717, 1.165) is 5.56 Å². The minimum absolute atomic E-state index is 0.0891. The number of carbonyl (C=O) groups is 2. The Labute approximate surface area is 150 Å². The Morgan fingerprint density at radius 1 is 0.960 bits per heavy atom. The van der Waals surface area contributed by atoms with Crippen LogP contribution >= 0.6 is 0 Å². The molecule has 0 saturated carbocycles. The molecule has 25 heavy (non-hydrogen) atoms. The molecule has 0 bridgehead atoms. The van der Waals surface area contributed by atoms with E-state index in [-0.39, 0.29) is 11.9 Å². The predicted molar refractivity (Wildman–Crippen MR) is 96.4 cm³/mol. The summed E-state index contributed by atoms with van der Waals surface area (Å²) in [4.78, 5) is 26.8. The van der Waals surface area contributed by atoms with E-state index in [2.05, 4.69) is 0 Å². The van der Waals surface area contributed by atoms with Crippen molar-refractivity contribution in [1.29, 1.82) is 0 Å². The molecule has 1 amide bonds. The Balaban J connectivity index is 2.22. The molecule has 1 saturated heterocycles. The van der Waals surface area contributed by atoms with Crippen molar-refractivity contribution in [2.24, 2.45) is 0 Å². The van der Waals surface area contributed by atoms with Crippen molar-refractivity contribution < 1.29 is 19.1 Å². The van der Waals surface area contributed by atoms with E-state index in [4.69, 9.17) is 9.47 Å². The van der Waals surface area contributed by atoms with Gasteiger partial charge in [-0.1, -0.05) is 30.3 Å². The number of nitrogens with zero attached hydrogens (tertiary/aromatic N) is 1. The molecule has 2 atom stereocenters. The van der Waals surface area contributed by atoms with Crippen LogP contribution in [0.5, 0.6) is 0 Å². The lowest BCUT2D eigenvalue weighted by Gasteiger charge is -2.29. The van der Waals surface area contributed by atoms with Gasteiger partial charge in [0.15, 0.2) is 0 Å². The van der Waals surface area contributed by atoms with Gasteiger partial charge in [0.1, 0.15) is 17.2 Å². The van der Waals surface area contributed by atoms with Crippen LogP contribution in [0.1, 0.15) is 59.4 Å². The Hall–Kier alpha value is -2.04. The zero-order chi connectivity index (χ0) is 18.8. The van der Waals surface area contributed by atoms with E-state index >= 15 is 0 Å². The Morgan fingerprint density at radius 3 is 2.04 bits per heavy atom. The molecule has 5 nitrogen and oxygen atoms in total. The van der Waals surface area contributed by atoms with Crippen LogP contribution in [-0.4, -0.2) is 40.8 Å². The lowest BCUT2D eigenvalue weighted by atomic mass is 9.96. The van der Waals surface area contributed by atoms with Crippen molar-refractivity contribution in [2.75, 3.05) is 6.54 Å². The molecule has 0 N–H and O–H groups in total. The van der Waals surface area contributed by atoms with Gasteiger partial charge in [0, 0.05) is 12.5 Å². The van der Waals surface area contributed by atoms with Crippen LogP contribution in [0.15, 0.2) is 30.3 Å². The second kappa shape index (κ2) is 7.06. The highest BCUT2D eigenvalue weighted by Crippen LogP contribution is 2.34. The minimum atomic E-state index is -0.626. The van der Waals surface area contributed by atoms with Gasteiger partial charge in [0.2, 0.25) is 0 Å². The molecule has 0 aromatic heterocycles. The molecule has 1 aliphatic heterocycles. The third kappa shape index (κ3) is 5.48. The number of benzene rings is 1. The molecule has 1 aliphatic rings. The maximum Gasteiger partial charge on any atom is 0.411 e. The molecule has 1 aromatic rings. The molecule has 1 heterocycles. The first-order chi connectivity index (χ1) is 11.5. The monoisotopic (exact) mass is 347 g/mol. The molecule has 0 unspecified atom stereocenters. The van der Waals surface area contributed by atoms with Crippen LogP contribution in [0.4, 0.5) is 4.79 Å². The lowest BCUT2D eigenvalue weighted by Crippen LogP contribution is -2.45. The van der Waals surface area contributed by atoms with Crippen LogP contribution in [0.25, 0.3) is 0 Å². The van der Waals surface area contributed by atoms with E-state index in [9.17, 15) is 9.59 Å². The van der Waals surface area contributed by atoms with E-state index in [1.54, 1.807) is 0 Å². The van der Waals surface area contributed by atoms with Gasteiger partial charge in [0.25, 0.3) is 0 Å². The number of rotatable bonds is 2. The standard InChI is InChI=1S/C20H29NO4/c1-19(2,3)24-17(22)16-12-15(14-10-8-7-9-11-14)13-21(16)18(23)25-20(4,5)6/h7-11,15-16H,12-13H2,1-6H3/t15-,16-/m0/s1. The van der Waals surface area contributed by atoms with Gasteiger partial charge in [-0.3, -0.25) is 4.90 Å². The van der Waals surface area contributed by atoms with Crippen LogP contribution in [0, 0.1) is 0 Å². The zero-order valence-electron chi connectivity index (χ0n) is 16.0. The van der Waals surface area contributed by atoms with E-state index in [1.807, 2.05) is 71.9 Å². The average molecular weight is 347 g/mol. The maximum absolute atomic E-state index is 12.6. The van der Waals surface area contributed by atoms with E-state index in [1.165, 1.54) is 4.90 Å². The van der Waals surface area contributed by atoms with Gasteiger partial charge in [-0.05, 0) is 53.5 Å². The largest absolute Gasteiger partial charge is 0.458 e. The predicted octanol–water partition coefficient (Wildman–Crippen LogP) is 4.12. The minimum Gasteiger partial charge on any atom is -0.458 e. The summed E-state index contributed by atoms with van der Waals surface area (Å²) in [5.41, 5.74) is -0.0934. The van der Waals surface area contributed by atoms with Crippen LogP contribution in [-0.2, 0) is 14.3 Å². The Bertz CT molecular complexity index is 577. The van der Waals surface area contributed by atoms with Gasteiger partial charge in [-0.15, -0.1) is 0 Å². The highest BCUT2D eigenvalue weighted by molar-refractivity contribution is 5.83. The molecule has 1 fully saturated rings. The lowest BCUT2D eigenvalue weighted by molar-refractivity contribution is -0.160. The first-order valence-corrected chi connectivity index (χ1v) is 8.74. The van der Waals surface area contributed by atoms with E-state index in [0.29, 0.717) is 13.0 Å². The summed E-state index contributed by atoms with van der Waals surface area (Å²) in [6, 6.07) is 9.31. The summed E-state index contributed by atoms with van der Waals surface area (Å²) in [6.45, 7) is 11.4. The summed E-state index contributed by atoms with van der Waals surface area (Å²) in [5.74, 6) is -0.289. The van der Waals surface area contributed by atoms with Crippen molar-refractivity contribution in [3.05, 3.63) is 35.9 Å². The summed E-state index contributed by atoms with van der Waals surface area (Å²) < 4.78 is 11.0. The summed E-state index contributed by atoms with van der Waals surface area (Å²) >= 11 is 0. The smallest absolute Gasteiger partial charge is 0.411 e. The number of hydrogen-bond donors (Lipinski definition) is 0. The first kappa shape index (κ1) is 19.3. The van der Waals surface area contributed by atoms with Crippen molar-refractivity contribution in [2.45, 2.75) is 71.1 Å². The van der Waals surface area contributed by atoms with E-state index < -0.39 is 23.3 Å². The number of amides is 1.